The number of aromatic nitrogens is 4. The summed E-state index contributed by atoms with van der Waals surface area (Å²) in [5.74, 6) is 1.93. The number of hydrogen-bond donors (Lipinski definition) is 0. The first kappa shape index (κ1) is 12.8. The zero-order chi connectivity index (χ0) is 14.8. The summed E-state index contributed by atoms with van der Waals surface area (Å²) in [5.41, 5.74) is 0.945. The standard InChI is InChI=1S/C16H22N6/c1-10-18-15-14(7-17-20(15)2)16(19-10)22-9-12-6-13(22)8-21(12)11-4-3-5-11/h7,11-13H,3-6,8-9H2,1-2H3/t12-,13-/m0/s1. The van der Waals surface area contributed by atoms with Gasteiger partial charge in [0.05, 0.1) is 11.6 Å². The second-order valence-electron chi connectivity index (χ2n) is 7.08. The van der Waals surface area contributed by atoms with Gasteiger partial charge in [0.2, 0.25) is 0 Å². The number of anilines is 1. The number of nitrogens with zero attached hydrogens (tertiary/aromatic N) is 6. The van der Waals surface area contributed by atoms with E-state index in [1.807, 2.05) is 24.9 Å². The van der Waals surface area contributed by atoms with Gasteiger partial charge in [0.1, 0.15) is 11.6 Å². The van der Waals surface area contributed by atoms with E-state index in [1.165, 1.54) is 32.2 Å². The Morgan fingerprint density at radius 1 is 1.09 bits per heavy atom. The Labute approximate surface area is 130 Å². The molecule has 0 amide bonds. The van der Waals surface area contributed by atoms with Gasteiger partial charge in [-0.25, -0.2) is 9.97 Å². The highest BCUT2D eigenvalue weighted by Crippen LogP contribution is 2.40. The maximum atomic E-state index is 4.76. The van der Waals surface area contributed by atoms with Crippen molar-refractivity contribution >= 4 is 16.9 Å². The Hall–Kier alpha value is -1.69. The van der Waals surface area contributed by atoms with Crippen LogP contribution in [0.3, 0.4) is 0 Å². The van der Waals surface area contributed by atoms with Crippen LogP contribution in [0.2, 0.25) is 0 Å². The maximum absolute atomic E-state index is 4.76. The van der Waals surface area contributed by atoms with Crippen LogP contribution in [-0.4, -0.2) is 55.9 Å². The van der Waals surface area contributed by atoms with Crippen LogP contribution in [0, 0.1) is 6.92 Å². The van der Waals surface area contributed by atoms with Crippen molar-refractivity contribution in [2.24, 2.45) is 7.05 Å². The Kier molecular flexibility index (Phi) is 2.57. The van der Waals surface area contributed by atoms with E-state index < -0.39 is 0 Å². The summed E-state index contributed by atoms with van der Waals surface area (Å²) in [6.45, 7) is 4.30. The molecule has 2 bridgehead atoms. The minimum atomic E-state index is 0.614. The van der Waals surface area contributed by atoms with E-state index in [-0.39, 0.29) is 0 Å². The van der Waals surface area contributed by atoms with Crippen molar-refractivity contribution in [3.05, 3.63) is 12.0 Å². The molecule has 2 aromatic heterocycles. The molecule has 4 heterocycles. The van der Waals surface area contributed by atoms with Gasteiger partial charge in [-0.1, -0.05) is 6.42 Å². The van der Waals surface area contributed by atoms with Crippen molar-refractivity contribution in [3.8, 4) is 0 Å². The molecule has 6 nitrogen and oxygen atoms in total. The third-order valence-electron chi connectivity index (χ3n) is 5.78. The van der Waals surface area contributed by atoms with Crippen LogP contribution in [0.5, 0.6) is 0 Å². The maximum Gasteiger partial charge on any atom is 0.163 e. The molecule has 0 radical (unpaired) electrons. The molecule has 6 heteroatoms. The molecule has 3 fully saturated rings. The molecule has 2 aromatic rings. The zero-order valence-corrected chi connectivity index (χ0v) is 13.2. The molecule has 0 spiro atoms. The fraction of sp³-hybridized carbons (Fsp3) is 0.688. The summed E-state index contributed by atoms with van der Waals surface area (Å²) < 4.78 is 1.85. The summed E-state index contributed by atoms with van der Waals surface area (Å²) in [7, 11) is 1.95. The van der Waals surface area contributed by atoms with Crippen LogP contribution >= 0.6 is 0 Å². The van der Waals surface area contributed by atoms with Gasteiger partial charge in [-0.2, -0.15) is 5.10 Å². The molecule has 1 aliphatic carbocycles. The molecule has 0 N–H and O–H groups in total. The molecule has 116 valence electrons. The molecular weight excluding hydrogens is 276 g/mol. The molecule has 2 atom stereocenters. The topological polar surface area (TPSA) is 50.1 Å². The molecule has 2 saturated heterocycles. The number of likely N-dealkylation sites (tertiary alicyclic amines) is 1. The van der Waals surface area contributed by atoms with E-state index in [1.54, 1.807) is 0 Å². The van der Waals surface area contributed by atoms with E-state index in [4.69, 9.17) is 4.98 Å². The summed E-state index contributed by atoms with van der Waals surface area (Å²) in [6, 6.07) is 2.20. The lowest BCUT2D eigenvalue weighted by Crippen LogP contribution is -2.52. The van der Waals surface area contributed by atoms with E-state index in [9.17, 15) is 0 Å². The highest BCUT2D eigenvalue weighted by molar-refractivity contribution is 5.87. The Morgan fingerprint density at radius 3 is 2.64 bits per heavy atom. The molecule has 0 aromatic carbocycles. The van der Waals surface area contributed by atoms with Gasteiger partial charge in [0, 0.05) is 38.3 Å². The second kappa shape index (κ2) is 4.41. The number of rotatable bonds is 2. The molecule has 2 aliphatic heterocycles. The predicted octanol–water partition coefficient (Wildman–Crippen LogP) is 1.49. The summed E-state index contributed by atoms with van der Waals surface area (Å²) in [5, 5.41) is 5.47. The zero-order valence-electron chi connectivity index (χ0n) is 13.2. The van der Waals surface area contributed by atoms with E-state index in [0.29, 0.717) is 6.04 Å². The molecule has 3 aliphatic rings. The summed E-state index contributed by atoms with van der Waals surface area (Å²) in [6.07, 6.45) is 7.44. The second-order valence-corrected chi connectivity index (χ2v) is 7.08. The fourth-order valence-electron chi connectivity index (χ4n) is 4.45. The van der Waals surface area contributed by atoms with Gasteiger partial charge >= 0.3 is 0 Å². The Bertz CT molecular complexity index is 734. The highest BCUT2D eigenvalue weighted by Gasteiger charge is 2.47. The number of fused-ring (bicyclic) bond motifs is 3. The average molecular weight is 298 g/mol. The smallest absolute Gasteiger partial charge is 0.163 e. The molecule has 0 unspecified atom stereocenters. The molecule has 1 saturated carbocycles. The van der Waals surface area contributed by atoms with Crippen molar-refractivity contribution < 1.29 is 0 Å². The van der Waals surface area contributed by atoms with E-state index in [2.05, 4.69) is 19.9 Å². The summed E-state index contributed by atoms with van der Waals surface area (Å²) in [4.78, 5) is 14.6. The highest BCUT2D eigenvalue weighted by atomic mass is 15.4. The molecular formula is C16H22N6. The van der Waals surface area contributed by atoms with Crippen LogP contribution in [0.4, 0.5) is 5.82 Å². The monoisotopic (exact) mass is 298 g/mol. The molecule has 5 rings (SSSR count). The van der Waals surface area contributed by atoms with Crippen LogP contribution in [0.25, 0.3) is 11.0 Å². The number of aryl methyl sites for hydroxylation is 2. The summed E-state index contributed by atoms with van der Waals surface area (Å²) >= 11 is 0. The number of hydrogen-bond acceptors (Lipinski definition) is 5. The predicted molar refractivity (Wildman–Crippen MR) is 84.9 cm³/mol. The fourth-order valence-corrected chi connectivity index (χ4v) is 4.45. The normalized spacial score (nSPS) is 28.7. The third-order valence-corrected chi connectivity index (χ3v) is 5.78. The first-order valence-electron chi connectivity index (χ1n) is 8.39. The van der Waals surface area contributed by atoms with Gasteiger partial charge in [0.25, 0.3) is 0 Å². The van der Waals surface area contributed by atoms with Gasteiger partial charge in [-0.15, -0.1) is 0 Å². The third kappa shape index (κ3) is 1.67. The van der Waals surface area contributed by atoms with Gasteiger partial charge in [-0.05, 0) is 26.2 Å². The Balaban J connectivity index is 1.49. The Morgan fingerprint density at radius 2 is 1.95 bits per heavy atom. The average Bonchev–Trinajstić information content (AvgIpc) is 3.11. The minimum absolute atomic E-state index is 0.614. The quantitative estimate of drug-likeness (QED) is 0.841. The minimum Gasteiger partial charge on any atom is -0.350 e. The van der Waals surface area contributed by atoms with Crippen molar-refractivity contribution in [3.63, 3.8) is 0 Å². The van der Waals surface area contributed by atoms with Gasteiger partial charge in [-0.3, -0.25) is 9.58 Å². The van der Waals surface area contributed by atoms with Gasteiger partial charge < -0.3 is 4.90 Å². The lowest BCUT2D eigenvalue weighted by Gasteiger charge is -2.43. The molecule has 22 heavy (non-hydrogen) atoms. The number of piperazine rings is 1. The van der Waals surface area contributed by atoms with Gasteiger partial charge in [0.15, 0.2) is 5.65 Å². The lowest BCUT2D eigenvalue weighted by molar-refractivity contribution is 0.106. The SMILES string of the molecule is Cc1nc(N2C[C@@H]3C[C@H]2CN3C2CCC2)c2cnn(C)c2n1. The van der Waals surface area contributed by atoms with Crippen molar-refractivity contribution in [1.82, 2.24) is 24.6 Å². The van der Waals surface area contributed by atoms with Crippen LogP contribution in [-0.2, 0) is 7.05 Å². The van der Waals surface area contributed by atoms with Crippen molar-refractivity contribution in [2.45, 2.75) is 50.7 Å². The largest absolute Gasteiger partial charge is 0.350 e. The van der Waals surface area contributed by atoms with Crippen molar-refractivity contribution in [2.75, 3.05) is 18.0 Å². The first-order valence-corrected chi connectivity index (χ1v) is 8.39. The lowest BCUT2D eigenvalue weighted by atomic mass is 9.91. The van der Waals surface area contributed by atoms with Crippen LogP contribution in [0.1, 0.15) is 31.5 Å². The van der Waals surface area contributed by atoms with E-state index in [0.717, 1.165) is 41.3 Å². The van der Waals surface area contributed by atoms with E-state index >= 15 is 0 Å². The first-order chi connectivity index (χ1) is 10.7. The van der Waals surface area contributed by atoms with Crippen LogP contribution in [0.15, 0.2) is 6.20 Å². The van der Waals surface area contributed by atoms with Crippen LogP contribution < -0.4 is 4.90 Å². The van der Waals surface area contributed by atoms with Crippen molar-refractivity contribution in [1.29, 1.82) is 0 Å².